The minimum Gasteiger partial charge on any atom is -0.442 e. The zero-order chi connectivity index (χ0) is 30.4. The number of likely N-dealkylation sites (N-methyl/N-ethyl adjacent to an activating group) is 1. The normalized spacial score (nSPS) is 19.9. The number of benzene rings is 1. The minimum atomic E-state index is -1.05. The molecule has 2 saturated heterocycles. The van der Waals surface area contributed by atoms with Gasteiger partial charge in [-0.25, -0.2) is 18.9 Å². The summed E-state index contributed by atoms with van der Waals surface area (Å²) >= 11 is 0. The van der Waals surface area contributed by atoms with E-state index in [1.54, 1.807) is 30.3 Å². The number of cyclic esters (lactones) is 1. The fraction of sp³-hybridized carbons (Fsp3) is 0.519. The highest BCUT2D eigenvalue weighted by atomic mass is 19.1. The first kappa shape index (κ1) is 30.7. The van der Waals surface area contributed by atoms with Crippen LogP contribution in [-0.2, 0) is 23.8 Å². The first-order valence-electron chi connectivity index (χ1n) is 13.5. The summed E-state index contributed by atoms with van der Waals surface area (Å²) in [4.78, 5) is 61.2. The molecule has 0 aromatic heterocycles. The fourth-order valence-corrected chi connectivity index (χ4v) is 4.86. The maximum Gasteiger partial charge on any atom is 0.419 e. The number of esters is 1. The van der Waals surface area contributed by atoms with E-state index in [1.807, 2.05) is 11.9 Å². The summed E-state index contributed by atoms with van der Waals surface area (Å²) in [6.45, 7) is 4.07. The number of piperazine rings is 1. The molecular formula is C27H36FN7O7. The third-order valence-corrected chi connectivity index (χ3v) is 7.22. The number of halogens is 1. The Balaban J connectivity index is 1.28. The zero-order valence-corrected chi connectivity index (χ0v) is 24.0. The lowest BCUT2D eigenvalue weighted by Gasteiger charge is -2.31. The van der Waals surface area contributed by atoms with Gasteiger partial charge in [-0.2, -0.15) is 0 Å². The lowest BCUT2D eigenvalue weighted by molar-refractivity contribution is -0.154. The maximum atomic E-state index is 15.1. The van der Waals surface area contributed by atoms with Gasteiger partial charge in [0.2, 0.25) is 12.7 Å². The Kier molecular flexibility index (Phi) is 9.96. The Morgan fingerprint density at radius 2 is 1.93 bits per heavy atom. The van der Waals surface area contributed by atoms with Crippen LogP contribution in [0.4, 0.5) is 25.4 Å². The Labute approximate surface area is 243 Å². The lowest BCUT2D eigenvalue weighted by Crippen LogP contribution is -2.46. The molecule has 15 heteroatoms. The summed E-state index contributed by atoms with van der Waals surface area (Å²) in [7, 11) is 3.63. The third-order valence-electron chi connectivity index (χ3n) is 7.22. The number of rotatable bonds is 9. The van der Waals surface area contributed by atoms with Crippen molar-refractivity contribution in [1.82, 2.24) is 14.7 Å². The van der Waals surface area contributed by atoms with Gasteiger partial charge in [-0.05, 0) is 25.2 Å². The molecule has 1 unspecified atom stereocenters. The largest absolute Gasteiger partial charge is 0.442 e. The molecule has 3 amide bonds. The average Bonchev–Trinajstić information content (AvgIpc) is 3.49. The number of amides is 3. The van der Waals surface area contributed by atoms with Crippen molar-refractivity contribution in [1.29, 1.82) is 0 Å². The fourth-order valence-electron chi connectivity index (χ4n) is 4.86. The van der Waals surface area contributed by atoms with E-state index in [-0.39, 0.29) is 25.3 Å². The lowest BCUT2D eigenvalue weighted by atomic mass is 10.2. The molecule has 3 aliphatic heterocycles. The van der Waals surface area contributed by atoms with E-state index >= 15 is 4.39 Å². The van der Waals surface area contributed by atoms with Gasteiger partial charge in [-0.1, -0.05) is 0 Å². The highest BCUT2D eigenvalue weighted by molar-refractivity contribution is 5.92. The summed E-state index contributed by atoms with van der Waals surface area (Å²) < 4.78 is 30.4. The molecule has 14 nitrogen and oxygen atoms in total. The summed E-state index contributed by atoms with van der Waals surface area (Å²) in [5.74, 6) is -1.76. The van der Waals surface area contributed by atoms with Gasteiger partial charge in [0, 0.05) is 64.2 Å². The third kappa shape index (κ3) is 7.53. The van der Waals surface area contributed by atoms with Gasteiger partial charge in [0.1, 0.15) is 11.9 Å². The van der Waals surface area contributed by atoms with Crippen molar-refractivity contribution in [3.8, 4) is 0 Å². The van der Waals surface area contributed by atoms with Crippen molar-refractivity contribution in [2.75, 3.05) is 89.6 Å². The first-order chi connectivity index (χ1) is 20.0. The number of carbonyl (C=O) groups is 4. The van der Waals surface area contributed by atoms with E-state index in [1.165, 1.54) is 11.0 Å². The van der Waals surface area contributed by atoms with Crippen molar-refractivity contribution in [2.45, 2.75) is 13.0 Å². The minimum absolute atomic E-state index is 0.0377. The Bertz CT molecular complexity index is 1270. The number of carbonyl (C=O) groups excluding carboxylic acids is 4. The number of hydrogen-bond acceptors (Lipinski definition) is 12. The van der Waals surface area contributed by atoms with Crippen molar-refractivity contribution >= 4 is 41.7 Å². The number of anilines is 2. The average molecular weight is 590 g/mol. The van der Waals surface area contributed by atoms with Gasteiger partial charge in [0.25, 0.3) is 0 Å². The van der Waals surface area contributed by atoms with Crippen molar-refractivity contribution in [3.05, 3.63) is 35.3 Å². The van der Waals surface area contributed by atoms with E-state index < -0.39 is 42.8 Å². The maximum absolute atomic E-state index is 15.1. The van der Waals surface area contributed by atoms with Gasteiger partial charge >= 0.3 is 18.2 Å². The van der Waals surface area contributed by atoms with E-state index in [0.29, 0.717) is 24.5 Å². The molecular weight excluding hydrogens is 553 g/mol. The number of ether oxygens (including phenoxy) is 3. The molecule has 1 aromatic rings. The van der Waals surface area contributed by atoms with Gasteiger partial charge in [-0.3, -0.25) is 24.4 Å². The molecule has 2 fully saturated rings. The number of nitrogens with two attached hydrogens (primary N) is 1. The molecule has 42 heavy (non-hydrogen) atoms. The smallest absolute Gasteiger partial charge is 0.419 e. The monoisotopic (exact) mass is 589 g/mol. The predicted octanol–water partition coefficient (Wildman–Crippen LogP) is 0.618. The molecule has 3 aliphatic rings. The zero-order valence-electron chi connectivity index (χ0n) is 24.0. The van der Waals surface area contributed by atoms with Gasteiger partial charge in [0.15, 0.2) is 0 Å². The quantitative estimate of drug-likeness (QED) is 0.245. The highest BCUT2D eigenvalue weighted by Gasteiger charge is 2.36. The molecule has 4 rings (SSSR count). The molecule has 0 saturated carbocycles. The van der Waals surface area contributed by atoms with Crippen LogP contribution in [0.25, 0.3) is 0 Å². The van der Waals surface area contributed by atoms with Gasteiger partial charge in [0.05, 0.1) is 37.6 Å². The summed E-state index contributed by atoms with van der Waals surface area (Å²) in [5, 5.41) is 0. The number of imide groups is 1. The molecule has 2 N–H and O–H groups in total. The Hall–Kier alpha value is -4.24. The molecule has 0 bridgehead atoms. The van der Waals surface area contributed by atoms with Crippen LogP contribution in [0.3, 0.4) is 0 Å². The SMILES string of the molecule is CN=CC1=C(N)CN(c2ccc(N3CC(CN(C(C)=O)C(=O)OCOC(=O)CN4CCN(C)CC4)OC3=O)cc2F)C1. The molecule has 1 aromatic carbocycles. The topological polar surface area (TPSA) is 151 Å². The van der Waals surface area contributed by atoms with Crippen LogP contribution in [-0.4, -0.2) is 131 Å². The van der Waals surface area contributed by atoms with Crippen molar-refractivity contribution in [3.63, 3.8) is 0 Å². The molecule has 1 atom stereocenters. The van der Waals surface area contributed by atoms with E-state index in [9.17, 15) is 19.2 Å². The van der Waals surface area contributed by atoms with E-state index in [2.05, 4.69) is 9.89 Å². The Morgan fingerprint density at radius 3 is 2.60 bits per heavy atom. The molecule has 0 aliphatic carbocycles. The summed E-state index contributed by atoms with van der Waals surface area (Å²) in [6.07, 6.45) is -1.05. The standard InChI is InChI=1S/C27H36FN7O7/c1-18(36)34(26(38)41-17-40-25(37)16-32-8-6-31(3)7-9-32)13-21-14-35(27(39)42-21)20-4-5-24(22(28)10-20)33-12-19(11-30-2)23(29)15-33/h4-5,10-11,21H,6-9,12-17,29H2,1-3H3. The van der Waals surface area contributed by atoms with Crippen LogP contribution >= 0.6 is 0 Å². The first-order valence-corrected chi connectivity index (χ1v) is 13.5. The molecule has 228 valence electrons. The van der Waals surface area contributed by atoms with Crippen LogP contribution in [0.2, 0.25) is 0 Å². The second kappa shape index (κ2) is 13.6. The highest BCUT2D eigenvalue weighted by Crippen LogP contribution is 2.30. The second-order valence-electron chi connectivity index (χ2n) is 10.3. The van der Waals surface area contributed by atoms with Crippen molar-refractivity contribution < 1.29 is 37.8 Å². The Morgan fingerprint density at radius 1 is 1.19 bits per heavy atom. The predicted molar refractivity (Wildman–Crippen MR) is 151 cm³/mol. The molecule has 0 spiro atoms. The second-order valence-corrected chi connectivity index (χ2v) is 10.3. The summed E-state index contributed by atoms with van der Waals surface area (Å²) in [5.41, 5.74) is 8.02. The molecule has 3 heterocycles. The van der Waals surface area contributed by atoms with Gasteiger partial charge < -0.3 is 29.7 Å². The number of aliphatic imine (C=N–C) groups is 1. The van der Waals surface area contributed by atoms with Crippen LogP contribution < -0.4 is 15.5 Å². The molecule has 0 radical (unpaired) electrons. The van der Waals surface area contributed by atoms with Crippen LogP contribution in [0.1, 0.15) is 6.92 Å². The van der Waals surface area contributed by atoms with Crippen molar-refractivity contribution in [2.24, 2.45) is 10.7 Å². The van der Waals surface area contributed by atoms with Crippen LogP contribution in [0, 0.1) is 5.82 Å². The summed E-state index contributed by atoms with van der Waals surface area (Å²) in [6, 6.07) is 4.35. The van der Waals surface area contributed by atoms with E-state index in [4.69, 9.17) is 19.9 Å². The van der Waals surface area contributed by atoms with Crippen LogP contribution in [0.15, 0.2) is 34.5 Å². The number of nitrogens with zero attached hydrogens (tertiary/aromatic N) is 6. The van der Waals surface area contributed by atoms with Crippen LogP contribution in [0.5, 0.6) is 0 Å². The number of hydrogen-bond donors (Lipinski definition) is 1. The van der Waals surface area contributed by atoms with E-state index in [0.717, 1.165) is 43.6 Å². The van der Waals surface area contributed by atoms with Gasteiger partial charge in [-0.15, -0.1) is 0 Å².